The Morgan fingerprint density at radius 1 is 1.17 bits per heavy atom. The van der Waals surface area contributed by atoms with Crippen molar-refractivity contribution in [2.45, 2.75) is 49.9 Å². The molecule has 1 amide bonds. The average molecular weight is 434 g/mol. The molecule has 2 saturated heterocycles. The second-order valence-corrected chi connectivity index (χ2v) is 9.63. The van der Waals surface area contributed by atoms with Gasteiger partial charge in [-0.1, -0.05) is 6.07 Å². The van der Waals surface area contributed by atoms with Crippen LogP contribution in [0.25, 0.3) is 0 Å². The van der Waals surface area contributed by atoms with Crippen LogP contribution in [0.2, 0.25) is 0 Å². The Bertz CT molecular complexity index is 851. The molecule has 2 aliphatic rings. The van der Waals surface area contributed by atoms with Crippen molar-refractivity contribution in [2.75, 3.05) is 26.2 Å². The highest BCUT2D eigenvalue weighted by Crippen LogP contribution is 2.32. The molecule has 3 rings (SSSR count). The summed E-state index contributed by atoms with van der Waals surface area (Å²) in [5, 5.41) is 0. The maximum absolute atomic E-state index is 12.9. The first-order chi connectivity index (χ1) is 13.5. The molecule has 0 radical (unpaired) electrons. The largest absolute Gasteiger partial charge is 0.416 e. The van der Waals surface area contributed by atoms with Crippen molar-refractivity contribution in [1.29, 1.82) is 0 Å². The van der Waals surface area contributed by atoms with E-state index in [1.807, 2.05) is 13.8 Å². The highest BCUT2D eigenvalue weighted by Gasteiger charge is 2.37. The normalized spacial score (nSPS) is 25.2. The van der Waals surface area contributed by atoms with Gasteiger partial charge in [0.15, 0.2) is 0 Å². The molecule has 2 aliphatic heterocycles. The molecule has 1 aromatic carbocycles. The Morgan fingerprint density at radius 3 is 2.45 bits per heavy atom. The van der Waals surface area contributed by atoms with Gasteiger partial charge in [-0.2, -0.15) is 17.5 Å². The van der Waals surface area contributed by atoms with E-state index in [0.717, 1.165) is 16.4 Å². The van der Waals surface area contributed by atoms with Crippen LogP contribution in [0.1, 0.15) is 32.3 Å². The van der Waals surface area contributed by atoms with Crippen LogP contribution in [-0.2, 0) is 25.7 Å². The van der Waals surface area contributed by atoms with Gasteiger partial charge in [-0.3, -0.25) is 4.79 Å². The molecule has 0 bridgehead atoms. The van der Waals surface area contributed by atoms with E-state index in [1.54, 1.807) is 4.90 Å². The van der Waals surface area contributed by atoms with Crippen LogP contribution in [0.4, 0.5) is 13.2 Å². The smallest absolute Gasteiger partial charge is 0.375 e. The number of rotatable bonds is 3. The van der Waals surface area contributed by atoms with Gasteiger partial charge in [-0.15, -0.1) is 0 Å². The summed E-state index contributed by atoms with van der Waals surface area (Å²) < 4.78 is 71.0. The van der Waals surface area contributed by atoms with Crippen molar-refractivity contribution >= 4 is 15.9 Å². The van der Waals surface area contributed by atoms with Gasteiger partial charge in [0.2, 0.25) is 15.9 Å². The first-order valence-corrected chi connectivity index (χ1v) is 11.0. The summed E-state index contributed by atoms with van der Waals surface area (Å²) in [7, 11) is -4.05. The zero-order chi connectivity index (χ0) is 21.4. The third-order valence-corrected chi connectivity index (χ3v) is 7.39. The number of carbonyl (C=O) groups excluding carboxylic acids is 1. The van der Waals surface area contributed by atoms with Gasteiger partial charge in [-0.05, 0) is 44.9 Å². The molecule has 1 aromatic rings. The number of amides is 1. The van der Waals surface area contributed by atoms with E-state index in [0.29, 0.717) is 32.1 Å². The number of carbonyl (C=O) groups is 1. The quantitative estimate of drug-likeness (QED) is 0.734. The lowest BCUT2D eigenvalue weighted by Gasteiger charge is -2.40. The van der Waals surface area contributed by atoms with E-state index in [1.165, 1.54) is 6.07 Å². The molecule has 10 heteroatoms. The molecule has 6 nitrogen and oxygen atoms in total. The second kappa shape index (κ2) is 8.23. The maximum atomic E-state index is 12.9. The Balaban J connectivity index is 1.68. The minimum atomic E-state index is -4.61. The first-order valence-electron chi connectivity index (χ1n) is 9.59. The maximum Gasteiger partial charge on any atom is 0.416 e. The number of alkyl halides is 3. The van der Waals surface area contributed by atoms with Crippen LogP contribution >= 0.6 is 0 Å². The van der Waals surface area contributed by atoms with Crippen molar-refractivity contribution in [3.8, 4) is 0 Å². The van der Waals surface area contributed by atoms with Crippen LogP contribution in [0.5, 0.6) is 0 Å². The molecular weight excluding hydrogens is 409 g/mol. The van der Waals surface area contributed by atoms with E-state index in [2.05, 4.69) is 0 Å². The minimum Gasteiger partial charge on any atom is -0.375 e. The molecule has 2 unspecified atom stereocenters. The van der Waals surface area contributed by atoms with Crippen LogP contribution in [0.15, 0.2) is 29.2 Å². The van der Waals surface area contributed by atoms with Crippen LogP contribution in [-0.4, -0.2) is 61.9 Å². The Hall–Kier alpha value is -1.65. The molecule has 0 spiro atoms. The van der Waals surface area contributed by atoms with E-state index in [9.17, 15) is 26.4 Å². The van der Waals surface area contributed by atoms with Crippen LogP contribution in [0.3, 0.4) is 0 Å². The molecule has 162 valence electrons. The number of sulfonamides is 1. The van der Waals surface area contributed by atoms with Gasteiger partial charge >= 0.3 is 6.18 Å². The Kier molecular flexibility index (Phi) is 6.26. The molecule has 0 saturated carbocycles. The summed E-state index contributed by atoms with van der Waals surface area (Å²) in [6, 6.07) is 3.72. The lowest BCUT2D eigenvalue weighted by molar-refractivity contribution is -0.148. The molecule has 0 N–H and O–H groups in total. The highest BCUT2D eigenvalue weighted by atomic mass is 32.2. The summed E-state index contributed by atoms with van der Waals surface area (Å²) in [5.74, 6) is -0.306. The first kappa shape index (κ1) is 22.0. The van der Waals surface area contributed by atoms with Gasteiger partial charge in [0.25, 0.3) is 0 Å². The number of halogens is 3. The summed E-state index contributed by atoms with van der Waals surface area (Å²) in [4.78, 5) is 14.3. The molecule has 29 heavy (non-hydrogen) atoms. The van der Waals surface area contributed by atoms with Crippen molar-refractivity contribution < 1.29 is 31.1 Å². The number of benzene rings is 1. The SMILES string of the molecule is CC1CN(C(=O)C2CCN(S(=O)(=O)c3cccc(C(F)(F)F)c3)CC2)C(C)CO1. The monoisotopic (exact) mass is 434 g/mol. The zero-order valence-electron chi connectivity index (χ0n) is 16.4. The fourth-order valence-corrected chi connectivity index (χ4v) is 5.29. The molecule has 2 fully saturated rings. The van der Waals surface area contributed by atoms with E-state index >= 15 is 0 Å². The third-order valence-electron chi connectivity index (χ3n) is 5.49. The number of hydrogen-bond donors (Lipinski definition) is 0. The molecule has 2 atom stereocenters. The zero-order valence-corrected chi connectivity index (χ0v) is 17.2. The molecule has 0 aromatic heterocycles. The predicted molar refractivity (Wildman–Crippen MR) is 99.5 cm³/mol. The van der Waals surface area contributed by atoms with Crippen molar-refractivity contribution in [3.05, 3.63) is 29.8 Å². The summed E-state index contributed by atoms with van der Waals surface area (Å²) in [6.07, 6.45) is -3.97. The Morgan fingerprint density at radius 2 is 1.83 bits per heavy atom. The predicted octanol–water partition coefficient (Wildman–Crippen LogP) is 2.74. The molecule has 0 aliphatic carbocycles. The van der Waals surface area contributed by atoms with Crippen LogP contribution < -0.4 is 0 Å². The number of ether oxygens (including phenoxy) is 1. The van der Waals surface area contributed by atoms with Gasteiger partial charge in [0.05, 0.1) is 29.2 Å². The summed E-state index contributed by atoms with van der Waals surface area (Å²) in [5.41, 5.74) is -1.00. The van der Waals surface area contributed by atoms with Crippen LogP contribution in [0, 0.1) is 5.92 Å². The average Bonchev–Trinajstić information content (AvgIpc) is 2.69. The second-order valence-electron chi connectivity index (χ2n) is 7.69. The number of morpholine rings is 1. The Labute approximate surface area is 168 Å². The van der Waals surface area contributed by atoms with Crippen molar-refractivity contribution in [3.63, 3.8) is 0 Å². The van der Waals surface area contributed by atoms with Crippen molar-refractivity contribution in [1.82, 2.24) is 9.21 Å². The fourth-order valence-electron chi connectivity index (χ4n) is 3.77. The van der Waals surface area contributed by atoms with Gasteiger partial charge in [-0.25, -0.2) is 8.42 Å². The van der Waals surface area contributed by atoms with Crippen molar-refractivity contribution in [2.24, 2.45) is 5.92 Å². The van der Waals surface area contributed by atoms with Gasteiger partial charge < -0.3 is 9.64 Å². The summed E-state index contributed by atoms with van der Waals surface area (Å²) >= 11 is 0. The lowest BCUT2D eigenvalue weighted by Crippen LogP contribution is -2.53. The fraction of sp³-hybridized carbons (Fsp3) is 0.632. The minimum absolute atomic E-state index is 0.0104. The van der Waals surface area contributed by atoms with E-state index < -0.39 is 21.8 Å². The third kappa shape index (κ3) is 4.75. The number of hydrogen-bond acceptors (Lipinski definition) is 4. The molecular formula is C19H25F3N2O4S. The van der Waals surface area contributed by atoms with Gasteiger partial charge in [0, 0.05) is 25.6 Å². The summed E-state index contributed by atoms with van der Waals surface area (Å²) in [6.45, 7) is 4.98. The topological polar surface area (TPSA) is 66.9 Å². The highest BCUT2D eigenvalue weighted by molar-refractivity contribution is 7.89. The van der Waals surface area contributed by atoms with Gasteiger partial charge in [0.1, 0.15) is 0 Å². The van der Waals surface area contributed by atoms with E-state index in [-0.39, 0.29) is 42.0 Å². The van der Waals surface area contributed by atoms with E-state index in [4.69, 9.17) is 4.74 Å². The standard InChI is InChI=1S/C19H25F3N2O4S/c1-13-12-28-14(2)11-24(13)18(25)15-6-8-23(9-7-15)29(26,27)17-5-3-4-16(10-17)19(20,21)22/h3-5,10,13-15H,6-9,11-12H2,1-2H3. The number of piperidine rings is 1. The lowest BCUT2D eigenvalue weighted by atomic mass is 9.95. The number of nitrogens with zero attached hydrogens (tertiary/aromatic N) is 2. The molecule has 2 heterocycles.